The molecule has 0 aliphatic rings. The summed E-state index contributed by atoms with van der Waals surface area (Å²) in [5.41, 5.74) is 2.72. The van der Waals surface area contributed by atoms with Crippen molar-refractivity contribution < 1.29 is 0 Å². The van der Waals surface area contributed by atoms with Gasteiger partial charge in [0.2, 0.25) is 0 Å². The van der Waals surface area contributed by atoms with E-state index in [1.165, 1.54) is 16.0 Å². The van der Waals surface area contributed by atoms with Crippen LogP contribution in [0.5, 0.6) is 0 Å². The number of aryl methyl sites for hydroxylation is 2. The summed E-state index contributed by atoms with van der Waals surface area (Å²) in [4.78, 5) is 1.28. The molecule has 0 amide bonds. The highest BCUT2D eigenvalue weighted by molar-refractivity contribution is 7.99. The minimum Gasteiger partial charge on any atom is -0.126 e. The van der Waals surface area contributed by atoms with E-state index in [2.05, 4.69) is 43.3 Å². The van der Waals surface area contributed by atoms with Gasteiger partial charge >= 0.3 is 0 Å². The molecule has 0 saturated heterocycles. The van der Waals surface area contributed by atoms with Gasteiger partial charge in [0.25, 0.3) is 0 Å². The number of hydrogen-bond acceptors (Lipinski definition) is 1. The predicted molar refractivity (Wildman–Crippen MR) is 77.1 cm³/mol. The zero-order valence-electron chi connectivity index (χ0n) is 9.82. The van der Waals surface area contributed by atoms with Crippen molar-refractivity contribution in [1.29, 1.82) is 0 Å². The number of rotatable bonds is 4. The van der Waals surface area contributed by atoms with Crippen molar-refractivity contribution >= 4 is 23.4 Å². The topological polar surface area (TPSA) is 0 Å². The molecule has 0 radical (unpaired) electrons. The first-order valence-electron chi connectivity index (χ1n) is 5.68. The van der Waals surface area contributed by atoms with Crippen LogP contribution in [0.25, 0.3) is 0 Å². The Morgan fingerprint density at radius 2 is 1.59 bits per heavy atom. The lowest BCUT2D eigenvalue weighted by Gasteiger charge is -2.03. The quantitative estimate of drug-likeness (QED) is 0.700. The number of hydrogen-bond donors (Lipinski definition) is 0. The summed E-state index contributed by atoms with van der Waals surface area (Å²) in [7, 11) is 0. The van der Waals surface area contributed by atoms with Crippen LogP contribution in [0.2, 0.25) is 5.02 Å². The minimum atomic E-state index is 0.799. The number of thioether (sulfide) groups is 1. The average molecular weight is 263 g/mol. The third kappa shape index (κ3) is 4.10. The molecule has 2 rings (SSSR count). The molecule has 0 saturated carbocycles. The second-order valence-corrected chi connectivity index (χ2v) is 5.64. The molecule has 2 aromatic rings. The van der Waals surface area contributed by atoms with E-state index in [4.69, 9.17) is 11.6 Å². The van der Waals surface area contributed by atoms with Crippen LogP contribution in [0, 0.1) is 6.92 Å². The maximum atomic E-state index is 5.85. The van der Waals surface area contributed by atoms with Crippen LogP contribution in [0.15, 0.2) is 53.4 Å². The van der Waals surface area contributed by atoms with Gasteiger partial charge in [0.15, 0.2) is 0 Å². The van der Waals surface area contributed by atoms with Crippen LogP contribution in [-0.2, 0) is 6.42 Å². The first-order chi connectivity index (χ1) is 8.24. The van der Waals surface area contributed by atoms with E-state index in [9.17, 15) is 0 Å². The molecular weight excluding hydrogens is 248 g/mol. The van der Waals surface area contributed by atoms with Crippen molar-refractivity contribution in [3.8, 4) is 0 Å². The highest BCUT2D eigenvalue weighted by Gasteiger charge is 1.96. The van der Waals surface area contributed by atoms with E-state index in [-0.39, 0.29) is 0 Å². The summed E-state index contributed by atoms with van der Waals surface area (Å²) in [5.74, 6) is 1.10. The predicted octanol–water partition coefficient (Wildman–Crippen LogP) is 4.98. The van der Waals surface area contributed by atoms with Crippen molar-refractivity contribution in [1.82, 2.24) is 0 Å². The van der Waals surface area contributed by atoms with E-state index in [0.29, 0.717) is 0 Å². The fourth-order valence-electron chi connectivity index (χ4n) is 1.57. The Hall–Kier alpha value is -0.920. The van der Waals surface area contributed by atoms with Crippen LogP contribution >= 0.6 is 23.4 Å². The molecule has 0 N–H and O–H groups in total. The van der Waals surface area contributed by atoms with Crippen LogP contribution in [0.3, 0.4) is 0 Å². The molecular formula is C15H15ClS. The molecule has 88 valence electrons. The molecule has 0 bridgehead atoms. The Labute approximate surface area is 112 Å². The maximum Gasteiger partial charge on any atom is 0.0406 e. The molecule has 0 unspecified atom stereocenters. The molecule has 0 atom stereocenters. The smallest absolute Gasteiger partial charge is 0.0406 e. The van der Waals surface area contributed by atoms with Crippen molar-refractivity contribution in [3.05, 3.63) is 64.7 Å². The fourth-order valence-corrected chi connectivity index (χ4v) is 2.60. The lowest BCUT2D eigenvalue weighted by atomic mass is 10.1. The van der Waals surface area contributed by atoms with Gasteiger partial charge in [-0.15, -0.1) is 11.8 Å². The van der Waals surface area contributed by atoms with Gasteiger partial charge < -0.3 is 0 Å². The number of halogens is 1. The molecule has 0 nitrogen and oxygen atoms in total. The second kappa shape index (κ2) is 6.13. The molecule has 0 aliphatic heterocycles. The van der Waals surface area contributed by atoms with Gasteiger partial charge in [0.1, 0.15) is 0 Å². The minimum absolute atomic E-state index is 0.799. The highest BCUT2D eigenvalue weighted by Crippen LogP contribution is 2.21. The van der Waals surface area contributed by atoms with Crippen LogP contribution < -0.4 is 0 Å². The lowest BCUT2D eigenvalue weighted by Crippen LogP contribution is -1.88. The van der Waals surface area contributed by atoms with E-state index in [1.54, 1.807) is 0 Å². The zero-order valence-corrected chi connectivity index (χ0v) is 11.4. The summed E-state index contributed by atoms with van der Waals surface area (Å²) in [5, 5.41) is 0.799. The molecule has 0 fully saturated rings. The van der Waals surface area contributed by atoms with Gasteiger partial charge in [-0.25, -0.2) is 0 Å². The first kappa shape index (κ1) is 12.5. The fraction of sp³-hybridized carbons (Fsp3) is 0.200. The standard InChI is InChI=1S/C15H15ClS/c1-12-2-4-13(5-3-12)10-11-17-15-8-6-14(16)7-9-15/h2-9H,10-11H2,1H3. The lowest BCUT2D eigenvalue weighted by molar-refractivity contribution is 1.15. The van der Waals surface area contributed by atoms with Crippen LogP contribution in [0.4, 0.5) is 0 Å². The Bertz CT molecular complexity index is 414. The van der Waals surface area contributed by atoms with Crippen molar-refractivity contribution in [2.24, 2.45) is 0 Å². The Balaban J connectivity index is 1.83. The third-order valence-electron chi connectivity index (χ3n) is 2.59. The molecule has 0 aromatic heterocycles. The van der Waals surface area contributed by atoms with E-state index in [1.807, 2.05) is 23.9 Å². The van der Waals surface area contributed by atoms with Gasteiger partial charge in [-0.2, -0.15) is 0 Å². The SMILES string of the molecule is Cc1ccc(CCSc2ccc(Cl)cc2)cc1. The van der Waals surface area contributed by atoms with Gasteiger partial charge in [-0.05, 0) is 43.2 Å². The van der Waals surface area contributed by atoms with E-state index < -0.39 is 0 Å². The molecule has 17 heavy (non-hydrogen) atoms. The van der Waals surface area contributed by atoms with Crippen molar-refractivity contribution in [2.75, 3.05) is 5.75 Å². The second-order valence-electron chi connectivity index (χ2n) is 4.04. The van der Waals surface area contributed by atoms with Crippen molar-refractivity contribution in [3.63, 3.8) is 0 Å². The first-order valence-corrected chi connectivity index (χ1v) is 7.04. The molecule has 0 aliphatic carbocycles. The largest absolute Gasteiger partial charge is 0.126 e. The summed E-state index contributed by atoms with van der Waals surface area (Å²) < 4.78 is 0. The molecule has 0 spiro atoms. The van der Waals surface area contributed by atoms with Gasteiger partial charge in [0.05, 0.1) is 0 Å². The summed E-state index contributed by atoms with van der Waals surface area (Å²) in [6.45, 7) is 2.12. The normalized spacial score (nSPS) is 10.5. The van der Waals surface area contributed by atoms with E-state index >= 15 is 0 Å². The molecule has 2 aromatic carbocycles. The maximum absolute atomic E-state index is 5.85. The monoisotopic (exact) mass is 262 g/mol. The van der Waals surface area contributed by atoms with E-state index in [0.717, 1.165) is 17.2 Å². The highest BCUT2D eigenvalue weighted by atomic mass is 35.5. The van der Waals surface area contributed by atoms with Gasteiger partial charge in [0, 0.05) is 15.7 Å². The van der Waals surface area contributed by atoms with Crippen LogP contribution in [-0.4, -0.2) is 5.75 Å². The molecule has 2 heteroatoms. The van der Waals surface area contributed by atoms with Gasteiger partial charge in [-0.1, -0.05) is 41.4 Å². The van der Waals surface area contributed by atoms with Gasteiger partial charge in [-0.3, -0.25) is 0 Å². The van der Waals surface area contributed by atoms with Crippen molar-refractivity contribution in [2.45, 2.75) is 18.2 Å². The Kier molecular flexibility index (Phi) is 4.52. The zero-order chi connectivity index (χ0) is 12.1. The Morgan fingerprint density at radius 1 is 0.941 bits per heavy atom. The third-order valence-corrected chi connectivity index (χ3v) is 3.86. The van der Waals surface area contributed by atoms with Crippen LogP contribution in [0.1, 0.15) is 11.1 Å². The molecule has 0 heterocycles. The average Bonchev–Trinajstić information content (AvgIpc) is 2.34. The Morgan fingerprint density at radius 3 is 2.24 bits per heavy atom. The summed E-state index contributed by atoms with van der Waals surface area (Å²) in [6, 6.07) is 16.8. The summed E-state index contributed by atoms with van der Waals surface area (Å²) >= 11 is 7.72. The number of benzene rings is 2. The summed E-state index contributed by atoms with van der Waals surface area (Å²) in [6.07, 6.45) is 1.10.